The van der Waals surface area contributed by atoms with Crippen LogP contribution in [-0.2, 0) is 6.54 Å². The molecule has 2 rings (SSSR count). The highest BCUT2D eigenvalue weighted by molar-refractivity contribution is 9.10. The summed E-state index contributed by atoms with van der Waals surface area (Å²) in [4.78, 5) is 0. The maximum atomic E-state index is 13.5. The molecule has 2 nitrogen and oxygen atoms in total. The van der Waals surface area contributed by atoms with Crippen molar-refractivity contribution in [3.05, 3.63) is 55.7 Å². The highest BCUT2D eigenvalue weighted by Crippen LogP contribution is 2.35. The van der Waals surface area contributed by atoms with Crippen LogP contribution < -0.4 is 10.1 Å². The summed E-state index contributed by atoms with van der Waals surface area (Å²) in [5, 5.41) is 3.12. The van der Waals surface area contributed by atoms with Gasteiger partial charge in [-0.3, -0.25) is 0 Å². The molecule has 0 heterocycles. The molecule has 0 aliphatic carbocycles. The van der Waals surface area contributed by atoms with E-state index in [4.69, 9.17) is 16.3 Å². The van der Waals surface area contributed by atoms with Crippen LogP contribution in [0.4, 0.5) is 4.39 Å². The van der Waals surface area contributed by atoms with Gasteiger partial charge in [0.15, 0.2) is 0 Å². The highest BCUT2D eigenvalue weighted by atomic mass is 79.9. The lowest BCUT2D eigenvalue weighted by molar-refractivity contribution is 0.473. The topological polar surface area (TPSA) is 21.3 Å². The molecule has 0 unspecified atom stereocenters. The summed E-state index contributed by atoms with van der Waals surface area (Å²) in [6, 6.07) is 8.33. The number of hydrogen-bond donors (Lipinski definition) is 1. The Balaban J connectivity index is 2.26. The van der Waals surface area contributed by atoms with Crippen molar-refractivity contribution in [3.63, 3.8) is 0 Å². The molecule has 0 saturated heterocycles. The predicted octanol–water partition coefficient (Wildman–Crippen LogP) is 5.52. The van der Waals surface area contributed by atoms with Crippen LogP contribution in [0.15, 0.2) is 39.3 Å². The molecule has 0 saturated carbocycles. The molecular weight excluding hydrogens is 412 g/mol. The zero-order valence-corrected chi connectivity index (χ0v) is 14.4. The van der Waals surface area contributed by atoms with Crippen LogP contribution in [-0.4, -0.2) is 7.05 Å². The van der Waals surface area contributed by atoms with E-state index in [2.05, 4.69) is 37.2 Å². The van der Waals surface area contributed by atoms with Gasteiger partial charge in [0.25, 0.3) is 0 Å². The van der Waals surface area contributed by atoms with Gasteiger partial charge in [-0.15, -0.1) is 0 Å². The first-order valence-corrected chi connectivity index (χ1v) is 7.73. The molecule has 20 heavy (non-hydrogen) atoms. The molecule has 106 valence electrons. The largest absolute Gasteiger partial charge is 0.456 e. The molecule has 0 bridgehead atoms. The standard InChI is InChI=1S/C14H11Br2ClFNO/c1-19-7-8-2-3-9(4-10(8)15)20-14-6-13(18)12(17)5-11(14)16/h2-6,19H,7H2,1H3. The lowest BCUT2D eigenvalue weighted by Crippen LogP contribution is -2.05. The minimum absolute atomic E-state index is 0.0507. The van der Waals surface area contributed by atoms with Crippen molar-refractivity contribution in [3.8, 4) is 11.5 Å². The molecule has 0 aliphatic heterocycles. The minimum Gasteiger partial charge on any atom is -0.456 e. The lowest BCUT2D eigenvalue weighted by atomic mass is 10.2. The van der Waals surface area contributed by atoms with Crippen molar-refractivity contribution < 1.29 is 9.13 Å². The van der Waals surface area contributed by atoms with Gasteiger partial charge >= 0.3 is 0 Å². The fraction of sp³-hybridized carbons (Fsp3) is 0.143. The molecule has 2 aromatic carbocycles. The normalized spacial score (nSPS) is 10.7. The van der Waals surface area contributed by atoms with Crippen molar-refractivity contribution in [2.75, 3.05) is 7.05 Å². The average Bonchev–Trinajstić information content (AvgIpc) is 2.39. The van der Waals surface area contributed by atoms with Gasteiger partial charge in [0.1, 0.15) is 17.3 Å². The zero-order chi connectivity index (χ0) is 14.7. The zero-order valence-electron chi connectivity index (χ0n) is 10.5. The molecule has 0 radical (unpaired) electrons. The Kier molecular flexibility index (Phi) is 5.43. The molecule has 2 aromatic rings. The molecule has 0 amide bonds. The van der Waals surface area contributed by atoms with E-state index < -0.39 is 5.82 Å². The van der Waals surface area contributed by atoms with E-state index >= 15 is 0 Å². The van der Waals surface area contributed by atoms with Gasteiger partial charge in [-0.25, -0.2) is 4.39 Å². The third-order valence-electron chi connectivity index (χ3n) is 2.59. The molecule has 0 aromatic heterocycles. The van der Waals surface area contributed by atoms with Gasteiger partial charge < -0.3 is 10.1 Å². The third-order valence-corrected chi connectivity index (χ3v) is 4.24. The molecule has 0 fully saturated rings. The van der Waals surface area contributed by atoms with Crippen LogP contribution in [0.5, 0.6) is 11.5 Å². The second-order valence-corrected chi connectivity index (χ2v) is 6.20. The third kappa shape index (κ3) is 3.73. The van der Waals surface area contributed by atoms with E-state index in [-0.39, 0.29) is 5.02 Å². The van der Waals surface area contributed by atoms with Crippen LogP contribution in [0.2, 0.25) is 5.02 Å². The summed E-state index contributed by atoms with van der Waals surface area (Å²) in [7, 11) is 1.88. The maximum absolute atomic E-state index is 13.5. The van der Waals surface area contributed by atoms with Crippen LogP contribution in [0, 0.1) is 5.82 Å². The summed E-state index contributed by atoms with van der Waals surface area (Å²) in [6.07, 6.45) is 0. The van der Waals surface area contributed by atoms with Crippen molar-refractivity contribution in [1.29, 1.82) is 0 Å². The van der Waals surface area contributed by atoms with E-state index in [0.29, 0.717) is 16.0 Å². The number of rotatable bonds is 4. The average molecular weight is 424 g/mol. The van der Waals surface area contributed by atoms with Crippen LogP contribution >= 0.6 is 43.5 Å². The summed E-state index contributed by atoms with van der Waals surface area (Å²) in [6.45, 7) is 0.750. The van der Waals surface area contributed by atoms with Gasteiger partial charge in [-0.2, -0.15) is 0 Å². The second kappa shape index (κ2) is 6.89. The van der Waals surface area contributed by atoms with E-state index in [1.54, 1.807) is 0 Å². The van der Waals surface area contributed by atoms with E-state index in [1.807, 2.05) is 25.2 Å². The summed E-state index contributed by atoms with van der Waals surface area (Å²) in [5.74, 6) is 0.468. The van der Waals surface area contributed by atoms with Crippen LogP contribution in [0.25, 0.3) is 0 Å². The summed E-state index contributed by atoms with van der Waals surface area (Å²) >= 11 is 12.5. The maximum Gasteiger partial charge on any atom is 0.145 e. The van der Waals surface area contributed by atoms with E-state index in [0.717, 1.165) is 16.6 Å². The Morgan fingerprint density at radius 2 is 1.95 bits per heavy atom. The fourth-order valence-corrected chi connectivity index (χ4v) is 2.85. The summed E-state index contributed by atoms with van der Waals surface area (Å²) in [5.41, 5.74) is 1.11. The molecule has 0 spiro atoms. The molecule has 0 atom stereocenters. The first kappa shape index (κ1) is 15.8. The predicted molar refractivity (Wildman–Crippen MR) is 86.1 cm³/mol. The van der Waals surface area contributed by atoms with E-state index in [1.165, 1.54) is 12.1 Å². The molecule has 6 heteroatoms. The van der Waals surface area contributed by atoms with Crippen molar-refractivity contribution >= 4 is 43.5 Å². The molecule has 1 N–H and O–H groups in total. The number of hydrogen-bond acceptors (Lipinski definition) is 2. The molecular formula is C14H11Br2ClFNO. The van der Waals surface area contributed by atoms with Crippen molar-refractivity contribution in [1.82, 2.24) is 5.32 Å². The lowest BCUT2D eigenvalue weighted by Gasteiger charge is -2.11. The Hall–Kier alpha value is -0.620. The van der Waals surface area contributed by atoms with Gasteiger partial charge in [0.05, 0.1) is 9.50 Å². The SMILES string of the molecule is CNCc1ccc(Oc2cc(F)c(Cl)cc2Br)cc1Br. The van der Waals surface area contributed by atoms with E-state index in [9.17, 15) is 4.39 Å². The Morgan fingerprint density at radius 3 is 2.60 bits per heavy atom. The number of halogens is 4. The quantitative estimate of drug-likeness (QED) is 0.654. The van der Waals surface area contributed by atoms with Crippen molar-refractivity contribution in [2.24, 2.45) is 0 Å². The fourth-order valence-electron chi connectivity index (χ4n) is 1.63. The Morgan fingerprint density at radius 1 is 1.20 bits per heavy atom. The first-order chi connectivity index (χ1) is 9.51. The summed E-state index contributed by atoms with van der Waals surface area (Å²) < 4.78 is 20.6. The van der Waals surface area contributed by atoms with Crippen LogP contribution in [0.3, 0.4) is 0 Å². The highest BCUT2D eigenvalue weighted by Gasteiger charge is 2.10. The van der Waals surface area contributed by atoms with Gasteiger partial charge in [-0.1, -0.05) is 33.6 Å². The Labute approximate surface area is 138 Å². The van der Waals surface area contributed by atoms with Gasteiger partial charge in [0, 0.05) is 17.1 Å². The van der Waals surface area contributed by atoms with Crippen LogP contribution in [0.1, 0.15) is 5.56 Å². The monoisotopic (exact) mass is 421 g/mol. The first-order valence-electron chi connectivity index (χ1n) is 5.76. The Bertz CT molecular complexity index is 637. The second-order valence-electron chi connectivity index (χ2n) is 4.08. The number of nitrogens with one attached hydrogen (secondary N) is 1. The minimum atomic E-state index is -0.518. The van der Waals surface area contributed by atoms with Gasteiger partial charge in [0.2, 0.25) is 0 Å². The van der Waals surface area contributed by atoms with Crippen molar-refractivity contribution in [2.45, 2.75) is 6.54 Å². The van der Waals surface area contributed by atoms with Gasteiger partial charge in [-0.05, 0) is 46.7 Å². The smallest absolute Gasteiger partial charge is 0.145 e. The molecule has 0 aliphatic rings. The number of benzene rings is 2. The number of ether oxygens (including phenoxy) is 1.